The molecule has 0 saturated heterocycles. The van der Waals surface area contributed by atoms with Gasteiger partial charge in [0.15, 0.2) is 0 Å². The minimum absolute atomic E-state index is 1.12. The Bertz CT molecular complexity index is 1260. The van der Waals surface area contributed by atoms with E-state index in [0.29, 0.717) is 0 Å². The molecular formula is C23H16BrN. The maximum atomic E-state index is 3.68. The molecule has 120 valence electrons. The molecule has 25 heavy (non-hydrogen) atoms. The molecule has 0 atom stereocenters. The van der Waals surface area contributed by atoms with Crippen molar-refractivity contribution in [2.75, 3.05) is 0 Å². The van der Waals surface area contributed by atoms with Gasteiger partial charge in [0.1, 0.15) is 0 Å². The summed E-state index contributed by atoms with van der Waals surface area (Å²) in [6.45, 7) is 0. The number of hydrogen-bond acceptors (Lipinski definition) is 0. The summed E-state index contributed by atoms with van der Waals surface area (Å²) in [5, 5.41) is 5.21. The lowest BCUT2D eigenvalue weighted by Crippen LogP contribution is -1.88. The Labute approximate surface area is 154 Å². The van der Waals surface area contributed by atoms with Crippen molar-refractivity contribution >= 4 is 48.5 Å². The predicted molar refractivity (Wildman–Crippen MR) is 111 cm³/mol. The van der Waals surface area contributed by atoms with Gasteiger partial charge in [-0.15, -0.1) is 0 Å². The van der Waals surface area contributed by atoms with Crippen molar-refractivity contribution in [1.82, 2.24) is 4.57 Å². The SMILES string of the molecule is Cn1c2cc(-c3ccccc3Br)ccc2c2ccc3ccccc3c21. The highest BCUT2D eigenvalue weighted by molar-refractivity contribution is 9.10. The maximum absolute atomic E-state index is 3.68. The van der Waals surface area contributed by atoms with E-state index in [9.17, 15) is 0 Å². The van der Waals surface area contributed by atoms with Crippen LogP contribution in [0, 0.1) is 0 Å². The minimum Gasteiger partial charge on any atom is -0.343 e. The van der Waals surface area contributed by atoms with Gasteiger partial charge < -0.3 is 4.57 Å². The van der Waals surface area contributed by atoms with Gasteiger partial charge in [0.25, 0.3) is 0 Å². The zero-order chi connectivity index (χ0) is 17.0. The molecule has 0 unspecified atom stereocenters. The van der Waals surface area contributed by atoms with Gasteiger partial charge in [-0.25, -0.2) is 0 Å². The second-order valence-electron chi connectivity index (χ2n) is 6.45. The van der Waals surface area contributed by atoms with Crippen LogP contribution < -0.4 is 0 Å². The van der Waals surface area contributed by atoms with Gasteiger partial charge in [0, 0.05) is 33.2 Å². The molecule has 0 spiro atoms. The maximum Gasteiger partial charge on any atom is 0.0568 e. The monoisotopic (exact) mass is 385 g/mol. The summed E-state index contributed by atoms with van der Waals surface area (Å²) in [5.41, 5.74) is 5.02. The quantitative estimate of drug-likeness (QED) is 0.295. The summed E-state index contributed by atoms with van der Waals surface area (Å²) in [6.07, 6.45) is 0. The predicted octanol–water partition coefficient (Wildman–Crippen LogP) is 6.91. The number of rotatable bonds is 1. The van der Waals surface area contributed by atoms with Crippen LogP contribution in [0.3, 0.4) is 0 Å². The molecule has 1 nitrogen and oxygen atoms in total. The highest BCUT2D eigenvalue weighted by Gasteiger charge is 2.12. The van der Waals surface area contributed by atoms with Crippen LogP contribution >= 0.6 is 15.9 Å². The second kappa shape index (κ2) is 5.47. The van der Waals surface area contributed by atoms with Crippen LogP contribution in [0.2, 0.25) is 0 Å². The van der Waals surface area contributed by atoms with Gasteiger partial charge in [-0.2, -0.15) is 0 Å². The van der Waals surface area contributed by atoms with E-state index in [0.717, 1.165) is 4.47 Å². The number of nitrogens with zero attached hydrogens (tertiary/aromatic N) is 1. The van der Waals surface area contributed by atoms with Crippen LogP contribution in [-0.2, 0) is 7.05 Å². The smallest absolute Gasteiger partial charge is 0.0568 e. The van der Waals surface area contributed by atoms with Crippen LogP contribution in [0.15, 0.2) is 83.3 Å². The standard InChI is InChI=1S/C23H16BrN/c1-25-22-14-16(17-7-4-5-9-21(17)24)11-12-19(22)20-13-10-15-6-2-3-8-18(15)23(20)25/h2-14H,1H3. The lowest BCUT2D eigenvalue weighted by molar-refractivity contribution is 1.02. The topological polar surface area (TPSA) is 4.93 Å². The highest BCUT2D eigenvalue weighted by Crippen LogP contribution is 2.36. The summed E-state index contributed by atoms with van der Waals surface area (Å²) >= 11 is 3.68. The Morgan fingerprint density at radius 3 is 2.36 bits per heavy atom. The van der Waals surface area contributed by atoms with Crippen molar-refractivity contribution in [3.8, 4) is 11.1 Å². The lowest BCUT2D eigenvalue weighted by atomic mass is 10.0. The van der Waals surface area contributed by atoms with Crippen LogP contribution in [-0.4, -0.2) is 4.57 Å². The van der Waals surface area contributed by atoms with Crippen molar-refractivity contribution in [3.05, 3.63) is 83.3 Å². The third-order valence-corrected chi connectivity index (χ3v) is 5.76. The van der Waals surface area contributed by atoms with Crippen LogP contribution in [0.25, 0.3) is 43.7 Å². The first-order chi connectivity index (χ1) is 12.2. The number of fused-ring (bicyclic) bond motifs is 5. The average Bonchev–Trinajstić information content (AvgIpc) is 2.94. The van der Waals surface area contributed by atoms with E-state index in [2.05, 4.69) is 106 Å². The second-order valence-corrected chi connectivity index (χ2v) is 7.31. The van der Waals surface area contributed by atoms with Crippen molar-refractivity contribution < 1.29 is 0 Å². The van der Waals surface area contributed by atoms with Gasteiger partial charge in [0.2, 0.25) is 0 Å². The molecule has 0 amide bonds. The molecule has 4 aromatic carbocycles. The molecule has 0 aliphatic heterocycles. The van der Waals surface area contributed by atoms with Crippen molar-refractivity contribution in [2.24, 2.45) is 7.05 Å². The molecular weight excluding hydrogens is 370 g/mol. The first-order valence-corrected chi connectivity index (χ1v) is 9.18. The molecule has 5 rings (SSSR count). The zero-order valence-corrected chi connectivity index (χ0v) is 15.4. The Kier molecular flexibility index (Phi) is 3.22. The largest absolute Gasteiger partial charge is 0.343 e. The molecule has 0 fully saturated rings. The third kappa shape index (κ3) is 2.14. The number of aromatic nitrogens is 1. The Morgan fingerprint density at radius 1 is 0.720 bits per heavy atom. The first-order valence-electron chi connectivity index (χ1n) is 8.39. The molecule has 0 radical (unpaired) electrons. The molecule has 2 heteroatoms. The summed E-state index contributed by atoms with van der Waals surface area (Å²) in [4.78, 5) is 0. The van der Waals surface area contributed by atoms with Gasteiger partial charge >= 0.3 is 0 Å². The summed E-state index contributed by atoms with van der Waals surface area (Å²) in [5.74, 6) is 0. The lowest BCUT2D eigenvalue weighted by Gasteiger charge is -2.06. The molecule has 0 bridgehead atoms. The Balaban J connectivity index is 1.89. The Morgan fingerprint density at radius 2 is 1.48 bits per heavy atom. The summed E-state index contributed by atoms with van der Waals surface area (Å²) in [6, 6.07) is 28.2. The van der Waals surface area contributed by atoms with Crippen molar-refractivity contribution in [3.63, 3.8) is 0 Å². The number of halogens is 1. The van der Waals surface area contributed by atoms with Gasteiger partial charge in [-0.3, -0.25) is 0 Å². The number of benzene rings is 4. The van der Waals surface area contributed by atoms with Crippen molar-refractivity contribution in [2.45, 2.75) is 0 Å². The van der Waals surface area contributed by atoms with Crippen LogP contribution in [0.5, 0.6) is 0 Å². The van der Waals surface area contributed by atoms with E-state index in [1.54, 1.807) is 0 Å². The Hall–Kier alpha value is -2.58. The van der Waals surface area contributed by atoms with E-state index < -0.39 is 0 Å². The highest BCUT2D eigenvalue weighted by atomic mass is 79.9. The van der Waals surface area contributed by atoms with Gasteiger partial charge in [0.05, 0.1) is 5.52 Å². The van der Waals surface area contributed by atoms with E-state index in [-0.39, 0.29) is 0 Å². The zero-order valence-electron chi connectivity index (χ0n) is 13.8. The molecule has 0 N–H and O–H groups in total. The normalized spacial score (nSPS) is 11.6. The third-order valence-electron chi connectivity index (χ3n) is 5.07. The molecule has 1 aromatic heterocycles. The summed E-state index contributed by atoms with van der Waals surface area (Å²) < 4.78 is 3.45. The molecule has 5 aromatic rings. The fraction of sp³-hybridized carbons (Fsp3) is 0.0435. The van der Waals surface area contributed by atoms with Gasteiger partial charge in [-0.05, 0) is 28.6 Å². The minimum atomic E-state index is 1.12. The fourth-order valence-electron chi connectivity index (χ4n) is 3.85. The number of hydrogen-bond donors (Lipinski definition) is 0. The first kappa shape index (κ1) is 14.7. The van der Waals surface area contributed by atoms with E-state index >= 15 is 0 Å². The summed E-state index contributed by atoms with van der Waals surface area (Å²) in [7, 11) is 2.17. The molecule has 0 saturated carbocycles. The number of aryl methyl sites for hydroxylation is 1. The van der Waals surface area contributed by atoms with E-state index in [1.165, 1.54) is 43.7 Å². The molecule has 0 aliphatic rings. The molecule has 0 aliphatic carbocycles. The van der Waals surface area contributed by atoms with Crippen molar-refractivity contribution in [1.29, 1.82) is 0 Å². The van der Waals surface area contributed by atoms with Gasteiger partial charge in [-0.1, -0.05) is 82.7 Å². The van der Waals surface area contributed by atoms with E-state index in [1.807, 2.05) is 0 Å². The fourth-order valence-corrected chi connectivity index (χ4v) is 4.37. The average molecular weight is 386 g/mol. The van der Waals surface area contributed by atoms with Crippen LogP contribution in [0.1, 0.15) is 0 Å². The van der Waals surface area contributed by atoms with Crippen LogP contribution in [0.4, 0.5) is 0 Å². The van der Waals surface area contributed by atoms with E-state index in [4.69, 9.17) is 0 Å². The molecule has 1 heterocycles.